The van der Waals surface area contributed by atoms with Crippen molar-refractivity contribution in [1.29, 1.82) is 0 Å². The second-order valence-corrected chi connectivity index (χ2v) is 8.11. The number of ether oxygens (including phenoxy) is 1. The molecule has 1 aliphatic heterocycles. The average molecular weight is 416 g/mol. The van der Waals surface area contributed by atoms with E-state index in [9.17, 15) is 4.79 Å². The van der Waals surface area contributed by atoms with Gasteiger partial charge in [-0.1, -0.05) is 6.07 Å². The molecule has 3 heterocycles. The number of nitrogens with one attached hydrogen (secondary N) is 1. The van der Waals surface area contributed by atoms with Crippen molar-refractivity contribution in [3.05, 3.63) is 63.8 Å². The fourth-order valence-corrected chi connectivity index (χ4v) is 4.44. The maximum atomic E-state index is 12.5. The predicted molar refractivity (Wildman–Crippen MR) is 112 cm³/mol. The summed E-state index contributed by atoms with van der Waals surface area (Å²) in [6.45, 7) is 4.21. The van der Waals surface area contributed by atoms with Gasteiger partial charge in [0.2, 0.25) is 0 Å². The average Bonchev–Trinajstić information content (AvgIpc) is 3.39. The van der Waals surface area contributed by atoms with E-state index in [0.717, 1.165) is 53.9 Å². The number of methoxy groups -OCH3 is 1. The van der Waals surface area contributed by atoms with Crippen LogP contribution in [0.5, 0.6) is 5.75 Å². The number of hydrogen-bond donors (Lipinski definition) is 1. The van der Waals surface area contributed by atoms with Crippen molar-refractivity contribution < 1.29 is 14.4 Å². The van der Waals surface area contributed by atoms with E-state index in [1.807, 2.05) is 63.6 Å². The van der Waals surface area contributed by atoms with Crippen LogP contribution in [-0.4, -0.2) is 53.2 Å². The highest BCUT2D eigenvalue weighted by molar-refractivity contribution is 7.71. The summed E-state index contributed by atoms with van der Waals surface area (Å²) < 4.78 is 10.1. The number of aromatic nitrogens is 2. The lowest BCUT2D eigenvalue weighted by Crippen LogP contribution is -3.14. The van der Waals surface area contributed by atoms with Gasteiger partial charge < -0.3 is 14.5 Å². The molecule has 8 heteroatoms. The maximum absolute atomic E-state index is 12.5. The molecule has 0 aliphatic carbocycles. The summed E-state index contributed by atoms with van der Waals surface area (Å²) in [4.78, 5) is 16.7. The number of quaternary nitrogens is 1. The largest absolute Gasteiger partial charge is 0.497 e. The van der Waals surface area contributed by atoms with Crippen molar-refractivity contribution in [2.24, 2.45) is 0 Å². The highest BCUT2D eigenvalue weighted by atomic mass is 32.1. The summed E-state index contributed by atoms with van der Waals surface area (Å²) in [6.07, 6.45) is 4.03. The molecular weight excluding hydrogens is 392 g/mol. The number of thiophene rings is 1. The van der Waals surface area contributed by atoms with Gasteiger partial charge in [0.25, 0.3) is 5.91 Å². The first-order chi connectivity index (χ1) is 13.7. The molecule has 1 saturated heterocycles. The van der Waals surface area contributed by atoms with E-state index in [1.54, 1.807) is 7.11 Å². The third-order valence-corrected chi connectivity index (χ3v) is 6.37. The Bertz CT molecular complexity index is 984. The predicted octanol–water partition coefficient (Wildman–Crippen LogP) is 2.08. The third kappa shape index (κ3) is 3.89. The van der Waals surface area contributed by atoms with Crippen molar-refractivity contribution in [2.45, 2.75) is 6.67 Å². The summed E-state index contributed by atoms with van der Waals surface area (Å²) in [5, 5.41) is 1.95. The number of nitrogens with zero attached hydrogens (tertiary/aromatic N) is 3. The molecule has 28 heavy (non-hydrogen) atoms. The van der Waals surface area contributed by atoms with Crippen LogP contribution in [0.3, 0.4) is 0 Å². The van der Waals surface area contributed by atoms with Crippen molar-refractivity contribution in [1.82, 2.24) is 14.0 Å². The molecule has 1 N–H and O–H groups in total. The van der Waals surface area contributed by atoms with Gasteiger partial charge in [-0.15, -0.1) is 11.3 Å². The van der Waals surface area contributed by atoms with E-state index in [4.69, 9.17) is 17.0 Å². The molecule has 4 rings (SSSR count). The molecule has 6 nitrogen and oxygen atoms in total. The SMILES string of the molecule is COc1ccc(-n2ccn(C[NH+]3CCN(C(=O)c4cccs4)CC3)c2=S)cc1. The fourth-order valence-electron chi connectivity index (χ4n) is 3.45. The second-order valence-electron chi connectivity index (χ2n) is 6.80. The molecule has 2 aromatic heterocycles. The zero-order chi connectivity index (χ0) is 19.5. The topological polar surface area (TPSA) is 43.8 Å². The first-order valence-corrected chi connectivity index (χ1v) is 10.5. The van der Waals surface area contributed by atoms with Crippen LogP contribution in [0.2, 0.25) is 0 Å². The van der Waals surface area contributed by atoms with E-state index >= 15 is 0 Å². The van der Waals surface area contributed by atoms with Gasteiger partial charge in [0.1, 0.15) is 5.75 Å². The molecule has 0 unspecified atom stereocenters. The Morgan fingerprint density at radius 2 is 1.93 bits per heavy atom. The van der Waals surface area contributed by atoms with E-state index in [2.05, 4.69) is 4.57 Å². The van der Waals surface area contributed by atoms with Crippen LogP contribution in [0.25, 0.3) is 5.69 Å². The summed E-state index contributed by atoms with van der Waals surface area (Å²) in [5.74, 6) is 0.977. The normalized spacial score (nSPS) is 15.0. The van der Waals surface area contributed by atoms with Gasteiger partial charge in [0.05, 0.1) is 38.2 Å². The Hall–Kier alpha value is -2.42. The molecule has 3 aromatic rings. The molecule has 1 amide bonds. The lowest BCUT2D eigenvalue weighted by molar-refractivity contribution is -0.926. The van der Waals surface area contributed by atoms with Crippen molar-refractivity contribution in [2.75, 3.05) is 33.3 Å². The summed E-state index contributed by atoms with van der Waals surface area (Å²) >= 11 is 7.18. The number of rotatable bonds is 5. The minimum Gasteiger partial charge on any atom is -0.497 e. The van der Waals surface area contributed by atoms with Crippen LogP contribution < -0.4 is 9.64 Å². The van der Waals surface area contributed by atoms with Crippen LogP contribution >= 0.6 is 23.6 Å². The molecule has 0 radical (unpaired) electrons. The first-order valence-electron chi connectivity index (χ1n) is 9.24. The van der Waals surface area contributed by atoms with Crippen molar-refractivity contribution in [3.8, 4) is 11.4 Å². The molecule has 146 valence electrons. The van der Waals surface area contributed by atoms with Crippen molar-refractivity contribution >= 4 is 29.5 Å². The smallest absolute Gasteiger partial charge is 0.264 e. The molecule has 0 bridgehead atoms. The van der Waals surface area contributed by atoms with Gasteiger partial charge in [0, 0.05) is 18.1 Å². The second kappa shape index (κ2) is 8.30. The molecule has 1 aliphatic rings. The molecule has 0 atom stereocenters. The highest BCUT2D eigenvalue weighted by Crippen LogP contribution is 2.16. The molecular formula is C20H23N4O2S2+. The monoisotopic (exact) mass is 415 g/mol. The Kier molecular flexibility index (Phi) is 5.61. The van der Waals surface area contributed by atoms with Gasteiger partial charge in [-0.05, 0) is 47.9 Å². The number of benzene rings is 1. The first kappa shape index (κ1) is 18.9. The highest BCUT2D eigenvalue weighted by Gasteiger charge is 2.25. The Morgan fingerprint density at radius 1 is 1.18 bits per heavy atom. The van der Waals surface area contributed by atoms with E-state index in [0.29, 0.717) is 0 Å². The molecule has 0 saturated carbocycles. The number of amides is 1. The van der Waals surface area contributed by atoms with Crippen LogP contribution in [0.1, 0.15) is 9.67 Å². The van der Waals surface area contributed by atoms with Gasteiger partial charge in [-0.3, -0.25) is 13.9 Å². The minimum absolute atomic E-state index is 0.149. The van der Waals surface area contributed by atoms with Crippen molar-refractivity contribution in [3.63, 3.8) is 0 Å². The Morgan fingerprint density at radius 3 is 2.57 bits per heavy atom. The summed E-state index contributed by atoms with van der Waals surface area (Å²) in [6, 6.07) is 11.7. The molecule has 1 fully saturated rings. The number of carbonyl (C=O) groups is 1. The summed E-state index contributed by atoms with van der Waals surface area (Å²) in [7, 11) is 1.66. The fraction of sp³-hybridized carbons (Fsp3) is 0.300. The van der Waals surface area contributed by atoms with Crippen LogP contribution in [0, 0.1) is 4.77 Å². The maximum Gasteiger partial charge on any atom is 0.264 e. The van der Waals surface area contributed by atoms with Gasteiger partial charge in [-0.25, -0.2) is 0 Å². The Balaban J connectivity index is 1.38. The van der Waals surface area contributed by atoms with Gasteiger partial charge >= 0.3 is 0 Å². The number of hydrogen-bond acceptors (Lipinski definition) is 4. The zero-order valence-electron chi connectivity index (χ0n) is 15.7. The van der Waals surface area contributed by atoms with Gasteiger partial charge in [-0.2, -0.15) is 0 Å². The lowest BCUT2D eigenvalue weighted by atomic mass is 10.3. The van der Waals surface area contributed by atoms with E-state index in [-0.39, 0.29) is 5.91 Å². The minimum atomic E-state index is 0.149. The van der Waals surface area contributed by atoms with Gasteiger partial charge in [0.15, 0.2) is 11.4 Å². The van der Waals surface area contributed by atoms with Crippen LogP contribution in [0.15, 0.2) is 54.2 Å². The van der Waals surface area contributed by atoms with Crippen LogP contribution in [0.4, 0.5) is 0 Å². The van der Waals surface area contributed by atoms with E-state index < -0.39 is 0 Å². The lowest BCUT2D eigenvalue weighted by Gasteiger charge is -2.32. The van der Waals surface area contributed by atoms with Crippen LogP contribution in [-0.2, 0) is 6.67 Å². The number of imidazole rings is 1. The third-order valence-electron chi connectivity index (χ3n) is 5.08. The zero-order valence-corrected chi connectivity index (χ0v) is 17.3. The number of piperazine rings is 1. The number of carbonyl (C=O) groups excluding carboxylic acids is 1. The molecule has 0 spiro atoms. The standard InChI is InChI=1S/C20H22N4O2S2/c1-26-17-6-4-16(5-7-17)24-13-12-23(20(24)27)15-21-8-10-22(11-9-21)19(25)18-3-2-14-28-18/h2-7,12-14H,8-11,15H2,1H3/p+1. The summed E-state index contributed by atoms with van der Waals surface area (Å²) in [5.41, 5.74) is 1.02. The quantitative estimate of drug-likeness (QED) is 0.649. The Labute approximate surface area is 173 Å². The molecule has 1 aromatic carbocycles. The van der Waals surface area contributed by atoms with E-state index in [1.165, 1.54) is 16.2 Å².